The van der Waals surface area contributed by atoms with Crippen molar-refractivity contribution in [1.82, 2.24) is 0 Å². The van der Waals surface area contributed by atoms with Crippen molar-refractivity contribution >= 4 is 17.8 Å². The fraction of sp³-hybridized carbons (Fsp3) is 0.222. The molecule has 6 nitrogen and oxygen atoms in total. The van der Waals surface area contributed by atoms with Crippen LogP contribution in [0.1, 0.15) is 34.7 Å². The monoisotopic (exact) mass is 327 g/mol. The van der Waals surface area contributed by atoms with Gasteiger partial charge in [-0.25, -0.2) is 0 Å². The minimum Gasteiger partial charge on any atom is -0.496 e. The second-order valence-corrected chi connectivity index (χ2v) is 5.27. The molecule has 0 saturated heterocycles. The van der Waals surface area contributed by atoms with Crippen molar-refractivity contribution in [2.24, 2.45) is 0 Å². The van der Waals surface area contributed by atoms with Crippen LogP contribution in [-0.4, -0.2) is 24.1 Å². The Morgan fingerprint density at radius 3 is 2.46 bits per heavy atom. The summed E-state index contributed by atoms with van der Waals surface area (Å²) in [5.74, 6) is 0.143. The van der Waals surface area contributed by atoms with Gasteiger partial charge < -0.3 is 9.53 Å². The van der Waals surface area contributed by atoms with Crippen molar-refractivity contribution in [1.29, 1.82) is 0 Å². The zero-order valence-electron chi connectivity index (χ0n) is 13.2. The zero-order valence-corrected chi connectivity index (χ0v) is 13.2. The molecule has 24 heavy (non-hydrogen) atoms. The summed E-state index contributed by atoms with van der Waals surface area (Å²) in [6.07, 6.45) is 1.09. The summed E-state index contributed by atoms with van der Waals surface area (Å²) in [5.41, 5.74) is 1.11. The highest BCUT2D eigenvalue weighted by Gasteiger charge is 2.20. The molecule has 2 aromatic rings. The molecule has 0 N–H and O–H groups in total. The molecule has 1 atom stereocenters. The number of methoxy groups -OCH3 is 1. The molecule has 0 aliphatic rings. The Labute approximate surface area is 139 Å². The number of para-hydroxylation sites is 1. The number of hydrogen-bond acceptors (Lipinski definition) is 5. The Balaban J connectivity index is 2.22. The van der Waals surface area contributed by atoms with Crippen molar-refractivity contribution in [2.75, 3.05) is 7.11 Å². The lowest BCUT2D eigenvalue weighted by Gasteiger charge is -2.17. The van der Waals surface area contributed by atoms with Gasteiger partial charge in [0.25, 0.3) is 5.69 Å². The molecular formula is C18H17NO5. The number of ketones is 1. The summed E-state index contributed by atoms with van der Waals surface area (Å²) in [4.78, 5) is 33.6. The van der Waals surface area contributed by atoms with Gasteiger partial charge in [0.2, 0.25) is 0 Å². The Kier molecular flexibility index (Phi) is 5.78. The Hall–Kier alpha value is -3.02. The van der Waals surface area contributed by atoms with Crippen LogP contribution in [-0.2, 0) is 4.79 Å². The van der Waals surface area contributed by atoms with Gasteiger partial charge in [-0.3, -0.25) is 14.9 Å². The second kappa shape index (κ2) is 8.01. The van der Waals surface area contributed by atoms with E-state index >= 15 is 0 Å². The van der Waals surface area contributed by atoms with Crippen molar-refractivity contribution in [3.05, 3.63) is 69.8 Å². The number of benzene rings is 2. The number of nitro groups is 1. The second-order valence-electron chi connectivity index (χ2n) is 5.27. The van der Waals surface area contributed by atoms with E-state index in [1.807, 2.05) is 18.2 Å². The molecule has 0 saturated carbocycles. The molecular weight excluding hydrogens is 310 g/mol. The van der Waals surface area contributed by atoms with Crippen molar-refractivity contribution < 1.29 is 19.2 Å². The number of hydrogen-bond donors (Lipinski definition) is 0. The first-order chi connectivity index (χ1) is 11.6. The highest BCUT2D eigenvalue weighted by Crippen LogP contribution is 2.32. The van der Waals surface area contributed by atoms with Gasteiger partial charge >= 0.3 is 0 Å². The normalized spacial score (nSPS) is 11.5. The van der Waals surface area contributed by atoms with Crippen LogP contribution in [0.15, 0.2) is 48.5 Å². The number of nitro benzene ring substituents is 1. The number of nitrogens with zero attached hydrogens (tertiary/aromatic N) is 1. The summed E-state index contributed by atoms with van der Waals surface area (Å²) < 4.78 is 5.30. The maximum atomic E-state index is 12.5. The Bertz CT molecular complexity index is 739. The first kappa shape index (κ1) is 17.3. The van der Waals surface area contributed by atoms with Gasteiger partial charge in [-0.05, 0) is 23.8 Å². The van der Waals surface area contributed by atoms with E-state index in [1.54, 1.807) is 6.07 Å². The number of Topliss-reactive ketones (excluding diaryl/α,β-unsaturated/α-hetero) is 1. The molecule has 0 unspecified atom stereocenters. The highest BCUT2D eigenvalue weighted by atomic mass is 16.6. The molecule has 0 amide bonds. The maximum absolute atomic E-state index is 12.5. The summed E-state index contributed by atoms with van der Waals surface area (Å²) in [6, 6.07) is 12.7. The van der Waals surface area contributed by atoms with Crippen LogP contribution in [0.3, 0.4) is 0 Å². The maximum Gasteiger partial charge on any atom is 0.269 e. The van der Waals surface area contributed by atoms with Crippen LogP contribution in [0.5, 0.6) is 5.75 Å². The van der Waals surface area contributed by atoms with E-state index < -0.39 is 4.92 Å². The summed E-state index contributed by atoms with van der Waals surface area (Å²) >= 11 is 0. The minimum absolute atomic E-state index is 0.0688. The molecule has 0 aromatic heterocycles. The highest BCUT2D eigenvalue weighted by molar-refractivity contribution is 5.97. The molecule has 0 fully saturated rings. The molecule has 124 valence electrons. The van der Waals surface area contributed by atoms with Crippen LogP contribution in [0.4, 0.5) is 5.69 Å². The van der Waals surface area contributed by atoms with Gasteiger partial charge in [0.15, 0.2) is 5.78 Å². The first-order valence-electron chi connectivity index (χ1n) is 7.41. The zero-order chi connectivity index (χ0) is 17.5. The van der Waals surface area contributed by atoms with Gasteiger partial charge in [-0.15, -0.1) is 0 Å². The fourth-order valence-corrected chi connectivity index (χ4v) is 2.55. The summed E-state index contributed by atoms with van der Waals surface area (Å²) in [5, 5.41) is 10.7. The van der Waals surface area contributed by atoms with Gasteiger partial charge in [0.05, 0.1) is 12.0 Å². The average molecular weight is 327 g/mol. The van der Waals surface area contributed by atoms with Crippen LogP contribution in [0.25, 0.3) is 0 Å². The molecule has 0 radical (unpaired) electrons. The van der Waals surface area contributed by atoms with Crippen LogP contribution in [0, 0.1) is 10.1 Å². The quantitative estimate of drug-likeness (QED) is 0.320. The number of carbonyl (C=O) groups is 2. The Morgan fingerprint density at radius 2 is 1.88 bits per heavy atom. The lowest BCUT2D eigenvalue weighted by molar-refractivity contribution is -0.384. The van der Waals surface area contributed by atoms with Crippen molar-refractivity contribution in [2.45, 2.75) is 18.8 Å². The predicted molar refractivity (Wildman–Crippen MR) is 88.5 cm³/mol. The van der Waals surface area contributed by atoms with Gasteiger partial charge in [0, 0.05) is 36.5 Å². The molecule has 2 aromatic carbocycles. The number of aldehydes is 1. The summed E-state index contributed by atoms with van der Waals surface area (Å²) in [7, 11) is 1.54. The smallest absolute Gasteiger partial charge is 0.269 e. The van der Waals surface area contributed by atoms with E-state index in [0.29, 0.717) is 11.3 Å². The van der Waals surface area contributed by atoms with Crippen molar-refractivity contribution in [3.63, 3.8) is 0 Å². The lowest BCUT2D eigenvalue weighted by Crippen LogP contribution is -2.09. The van der Waals surface area contributed by atoms with E-state index in [2.05, 4.69) is 0 Å². The van der Waals surface area contributed by atoms with E-state index in [4.69, 9.17) is 4.74 Å². The standard InChI is InChI=1S/C18H17NO5/c1-24-18-5-3-2-4-16(18)14(10-11-20)12-17(21)13-6-8-15(9-7-13)19(22)23/h2-9,11,14H,10,12H2,1H3/t14-/m0/s1. The van der Waals surface area contributed by atoms with E-state index in [-0.39, 0.29) is 30.2 Å². The number of ether oxygens (including phenoxy) is 1. The largest absolute Gasteiger partial charge is 0.496 e. The van der Waals surface area contributed by atoms with Gasteiger partial charge in [0.1, 0.15) is 12.0 Å². The predicted octanol–water partition coefficient (Wildman–Crippen LogP) is 3.55. The third kappa shape index (κ3) is 4.04. The van der Waals surface area contributed by atoms with Crippen LogP contribution in [0.2, 0.25) is 0 Å². The SMILES string of the molecule is COc1ccccc1[C@@H](CC=O)CC(=O)c1ccc([N+](=O)[O-])cc1. The Morgan fingerprint density at radius 1 is 1.21 bits per heavy atom. The van der Waals surface area contributed by atoms with Crippen molar-refractivity contribution in [3.8, 4) is 5.75 Å². The number of rotatable bonds is 8. The third-order valence-electron chi connectivity index (χ3n) is 3.79. The van der Waals surface area contributed by atoms with E-state index in [0.717, 1.165) is 11.8 Å². The van der Waals surface area contributed by atoms with Crippen LogP contribution >= 0.6 is 0 Å². The minimum atomic E-state index is -0.516. The third-order valence-corrected chi connectivity index (χ3v) is 3.79. The molecule has 0 aliphatic carbocycles. The molecule has 0 bridgehead atoms. The number of carbonyl (C=O) groups excluding carboxylic acids is 2. The average Bonchev–Trinajstić information content (AvgIpc) is 2.61. The number of non-ortho nitro benzene ring substituents is 1. The van der Waals surface area contributed by atoms with Gasteiger partial charge in [-0.2, -0.15) is 0 Å². The van der Waals surface area contributed by atoms with E-state index in [1.165, 1.54) is 31.4 Å². The molecule has 0 spiro atoms. The molecule has 0 heterocycles. The van der Waals surface area contributed by atoms with E-state index in [9.17, 15) is 19.7 Å². The summed E-state index contributed by atoms with van der Waals surface area (Å²) in [6.45, 7) is 0. The first-order valence-corrected chi connectivity index (χ1v) is 7.41. The fourth-order valence-electron chi connectivity index (χ4n) is 2.55. The lowest BCUT2D eigenvalue weighted by atomic mass is 9.89. The topological polar surface area (TPSA) is 86.5 Å². The molecule has 2 rings (SSSR count). The molecule has 6 heteroatoms. The van der Waals surface area contributed by atoms with Gasteiger partial charge in [-0.1, -0.05) is 18.2 Å². The molecule has 0 aliphatic heterocycles. The van der Waals surface area contributed by atoms with Crippen LogP contribution < -0.4 is 4.74 Å².